The molecule has 0 aliphatic rings. The van der Waals surface area contributed by atoms with Crippen molar-refractivity contribution in [3.63, 3.8) is 0 Å². The molecule has 0 fully saturated rings. The lowest BCUT2D eigenvalue weighted by atomic mass is 9.80. The Hall–Kier alpha value is -2.90. The van der Waals surface area contributed by atoms with Crippen molar-refractivity contribution in [2.45, 2.75) is 32.8 Å². The standard InChI is InChI=1S/C15H25NO2.C9H8O4/c1-6-15(17,12(2)11-16(3)4)13-8-7-9-14(10-13)18-5;1-6(10)13-8-5-3-2-4-7(8)9(11)12/h7-10,12,17H,6,11H2,1-5H3;2-5H,1H3,(H,11,12)/t12-,15-;/m1./s1. The van der Waals surface area contributed by atoms with E-state index in [2.05, 4.69) is 16.6 Å². The molecule has 0 bridgehead atoms. The van der Waals surface area contributed by atoms with E-state index in [9.17, 15) is 14.7 Å². The van der Waals surface area contributed by atoms with Crippen molar-refractivity contribution >= 4 is 11.9 Å². The first kappa shape index (κ1) is 26.1. The van der Waals surface area contributed by atoms with Gasteiger partial charge in [0.15, 0.2) is 0 Å². The topological polar surface area (TPSA) is 96.3 Å². The van der Waals surface area contributed by atoms with Crippen LogP contribution < -0.4 is 9.47 Å². The van der Waals surface area contributed by atoms with Crippen molar-refractivity contribution in [1.29, 1.82) is 0 Å². The highest BCUT2D eigenvalue weighted by molar-refractivity contribution is 5.91. The van der Waals surface area contributed by atoms with Crippen LogP contribution in [0.15, 0.2) is 48.5 Å². The Labute approximate surface area is 184 Å². The van der Waals surface area contributed by atoms with Crippen LogP contribution >= 0.6 is 0 Å². The number of esters is 1. The van der Waals surface area contributed by atoms with E-state index in [1.165, 1.54) is 19.1 Å². The lowest BCUT2D eigenvalue weighted by Crippen LogP contribution is -2.38. The smallest absolute Gasteiger partial charge is 0.339 e. The molecule has 0 amide bonds. The molecule has 0 saturated heterocycles. The Balaban J connectivity index is 0.000000327. The van der Waals surface area contributed by atoms with Crippen LogP contribution in [0.25, 0.3) is 0 Å². The first-order valence-corrected chi connectivity index (χ1v) is 10.1. The Morgan fingerprint density at radius 2 is 1.77 bits per heavy atom. The van der Waals surface area contributed by atoms with E-state index >= 15 is 0 Å². The number of methoxy groups -OCH3 is 1. The number of hydrogen-bond donors (Lipinski definition) is 2. The van der Waals surface area contributed by atoms with E-state index < -0.39 is 17.5 Å². The lowest BCUT2D eigenvalue weighted by Gasteiger charge is -2.35. The number of nitrogens with zero attached hydrogens (tertiary/aromatic N) is 1. The predicted octanol–water partition coefficient (Wildman–Crippen LogP) is 3.80. The Bertz CT molecular complexity index is 867. The minimum atomic E-state index is -1.11. The van der Waals surface area contributed by atoms with E-state index in [1.807, 2.05) is 45.3 Å². The normalized spacial score (nSPS) is 13.4. The van der Waals surface area contributed by atoms with Crippen LogP contribution in [-0.2, 0) is 10.4 Å². The van der Waals surface area contributed by atoms with Crippen molar-refractivity contribution in [1.82, 2.24) is 4.90 Å². The minimum absolute atomic E-state index is 0.0160. The second-order valence-corrected chi connectivity index (χ2v) is 7.57. The number of rotatable bonds is 8. The van der Waals surface area contributed by atoms with Crippen LogP contribution in [0.3, 0.4) is 0 Å². The van der Waals surface area contributed by atoms with Gasteiger partial charge in [-0.3, -0.25) is 4.79 Å². The fourth-order valence-electron chi connectivity index (χ4n) is 3.32. The molecule has 0 heterocycles. The Kier molecular flexibility index (Phi) is 10.2. The summed E-state index contributed by atoms with van der Waals surface area (Å²) in [6.45, 7) is 6.18. The average Bonchev–Trinajstić information content (AvgIpc) is 2.73. The summed E-state index contributed by atoms with van der Waals surface area (Å²) in [5.74, 6) is -0.630. The van der Waals surface area contributed by atoms with Gasteiger partial charge in [0.1, 0.15) is 17.1 Å². The van der Waals surface area contributed by atoms with Gasteiger partial charge in [0.2, 0.25) is 0 Å². The van der Waals surface area contributed by atoms with Crippen molar-refractivity contribution in [3.05, 3.63) is 59.7 Å². The Morgan fingerprint density at radius 3 is 2.29 bits per heavy atom. The van der Waals surface area contributed by atoms with Crippen molar-refractivity contribution < 1.29 is 29.3 Å². The van der Waals surface area contributed by atoms with Gasteiger partial charge in [0.25, 0.3) is 0 Å². The van der Waals surface area contributed by atoms with Gasteiger partial charge < -0.3 is 24.6 Å². The third-order valence-electron chi connectivity index (χ3n) is 4.93. The highest BCUT2D eigenvalue weighted by Gasteiger charge is 2.34. The van der Waals surface area contributed by atoms with Crippen LogP contribution in [0.2, 0.25) is 0 Å². The third kappa shape index (κ3) is 7.70. The fourth-order valence-corrected chi connectivity index (χ4v) is 3.32. The van der Waals surface area contributed by atoms with Crippen molar-refractivity contribution in [2.24, 2.45) is 5.92 Å². The molecular weight excluding hydrogens is 398 g/mol. The molecule has 0 aliphatic carbocycles. The maximum Gasteiger partial charge on any atom is 0.339 e. The maximum atomic E-state index is 10.9. The van der Waals surface area contributed by atoms with Gasteiger partial charge >= 0.3 is 11.9 Å². The van der Waals surface area contributed by atoms with Crippen LogP contribution in [0.4, 0.5) is 0 Å². The van der Waals surface area contributed by atoms with Gasteiger partial charge in [-0.05, 0) is 50.3 Å². The summed E-state index contributed by atoms with van der Waals surface area (Å²) in [4.78, 5) is 23.3. The molecule has 2 rings (SSSR count). The predicted molar refractivity (Wildman–Crippen MR) is 120 cm³/mol. The Morgan fingerprint density at radius 1 is 1.13 bits per heavy atom. The van der Waals surface area contributed by atoms with Crippen molar-refractivity contribution in [2.75, 3.05) is 27.7 Å². The SMILES string of the molecule is CC(=O)Oc1ccccc1C(=O)O.CC[C@](O)(c1cccc(OC)c1)[C@H](C)CN(C)C. The number of carbonyl (C=O) groups excluding carboxylic acids is 1. The van der Waals surface area contributed by atoms with Crippen LogP contribution in [0, 0.1) is 5.92 Å². The van der Waals surface area contributed by atoms with Gasteiger partial charge in [-0.1, -0.05) is 38.1 Å². The second-order valence-electron chi connectivity index (χ2n) is 7.57. The molecule has 0 aliphatic heterocycles. The zero-order chi connectivity index (χ0) is 23.6. The number of ether oxygens (including phenoxy) is 2. The number of aromatic carboxylic acids is 1. The molecule has 31 heavy (non-hydrogen) atoms. The summed E-state index contributed by atoms with van der Waals surface area (Å²) in [6, 6.07) is 13.7. The first-order chi connectivity index (χ1) is 14.5. The van der Waals surface area contributed by atoms with Gasteiger partial charge in [0.05, 0.1) is 12.7 Å². The summed E-state index contributed by atoms with van der Waals surface area (Å²) >= 11 is 0. The molecule has 2 N–H and O–H groups in total. The molecule has 7 nitrogen and oxygen atoms in total. The minimum Gasteiger partial charge on any atom is -0.497 e. The first-order valence-electron chi connectivity index (χ1n) is 10.1. The molecule has 0 radical (unpaired) electrons. The lowest BCUT2D eigenvalue weighted by molar-refractivity contribution is -0.131. The van der Waals surface area contributed by atoms with Gasteiger partial charge in [-0.2, -0.15) is 0 Å². The molecular formula is C24H33NO6. The summed E-state index contributed by atoms with van der Waals surface area (Å²) in [7, 11) is 5.70. The van der Waals surface area contributed by atoms with E-state index in [0.29, 0.717) is 6.42 Å². The zero-order valence-electron chi connectivity index (χ0n) is 19.1. The number of carboxylic acids is 1. The molecule has 7 heteroatoms. The van der Waals surface area contributed by atoms with E-state index in [0.717, 1.165) is 17.9 Å². The van der Waals surface area contributed by atoms with Gasteiger partial charge in [0, 0.05) is 19.4 Å². The summed E-state index contributed by atoms with van der Waals surface area (Å²) in [5, 5.41) is 19.6. The fraction of sp³-hybridized carbons (Fsp3) is 0.417. The summed E-state index contributed by atoms with van der Waals surface area (Å²) in [6.07, 6.45) is 0.690. The third-order valence-corrected chi connectivity index (χ3v) is 4.93. The van der Waals surface area contributed by atoms with E-state index in [-0.39, 0.29) is 17.2 Å². The molecule has 2 aromatic rings. The van der Waals surface area contributed by atoms with Gasteiger partial charge in [-0.15, -0.1) is 0 Å². The summed E-state index contributed by atoms with van der Waals surface area (Å²) < 4.78 is 9.92. The molecule has 0 unspecified atom stereocenters. The highest BCUT2D eigenvalue weighted by Crippen LogP contribution is 2.34. The second kappa shape index (κ2) is 12.1. The monoisotopic (exact) mass is 431 g/mol. The number of benzene rings is 2. The number of aliphatic hydroxyl groups is 1. The number of carboxylic acid groups (broad SMARTS) is 1. The molecule has 2 atom stereocenters. The molecule has 0 spiro atoms. The zero-order valence-corrected chi connectivity index (χ0v) is 19.1. The van der Waals surface area contributed by atoms with Crippen LogP contribution in [-0.4, -0.2) is 54.8 Å². The van der Waals surface area contributed by atoms with Crippen molar-refractivity contribution in [3.8, 4) is 11.5 Å². The molecule has 0 saturated carbocycles. The quantitative estimate of drug-likeness (QED) is 0.485. The maximum absolute atomic E-state index is 10.9. The summed E-state index contributed by atoms with van der Waals surface area (Å²) in [5.41, 5.74) is 0.107. The van der Waals surface area contributed by atoms with Crippen LogP contribution in [0.5, 0.6) is 11.5 Å². The molecule has 170 valence electrons. The molecule has 0 aromatic heterocycles. The number of para-hydroxylation sites is 1. The average molecular weight is 432 g/mol. The number of hydrogen-bond acceptors (Lipinski definition) is 6. The molecule has 2 aromatic carbocycles. The largest absolute Gasteiger partial charge is 0.497 e. The highest BCUT2D eigenvalue weighted by atomic mass is 16.5. The van der Waals surface area contributed by atoms with E-state index in [1.54, 1.807) is 19.2 Å². The number of carbonyl (C=O) groups is 2. The van der Waals surface area contributed by atoms with E-state index in [4.69, 9.17) is 9.84 Å². The van der Waals surface area contributed by atoms with Gasteiger partial charge in [-0.25, -0.2) is 4.79 Å². The van der Waals surface area contributed by atoms with Crippen LogP contribution in [0.1, 0.15) is 43.1 Å².